The summed E-state index contributed by atoms with van der Waals surface area (Å²) in [5.74, 6) is -1.51. The molecule has 6 nitrogen and oxygen atoms in total. The molecule has 1 aromatic carbocycles. The average molecular weight is 396 g/mol. The zero-order valence-corrected chi connectivity index (χ0v) is 15.9. The fraction of sp³-hybridized carbons (Fsp3) is 0.526. The molecule has 2 amide bonds. The van der Waals surface area contributed by atoms with Gasteiger partial charge in [-0.15, -0.1) is 11.8 Å². The first kappa shape index (κ1) is 21.2. The third-order valence-corrected chi connectivity index (χ3v) is 5.63. The summed E-state index contributed by atoms with van der Waals surface area (Å²) in [4.78, 5) is 35.8. The van der Waals surface area contributed by atoms with E-state index in [0.29, 0.717) is 17.4 Å². The van der Waals surface area contributed by atoms with E-state index >= 15 is 0 Å². The van der Waals surface area contributed by atoms with Crippen molar-refractivity contribution in [1.82, 2.24) is 10.6 Å². The molecule has 1 unspecified atom stereocenters. The molecule has 1 fully saturated rings. The normalized spacial score (nSPS) is 15.7. The Labute approximate surface area is 162 Å². The van der Waals surface area contributed by atoms with E-state index < -0.39 is 24.6 Å². The van der Waals surface area contributed by atoms with Crippen molar-refractivity contribution in [2.75, 3.05) is 19.0 Å². The van der Waals surface area contributed by atoms with Gasteiger partial charge in [0.05, 0.1) is 11.3 Å². The number of halogens is 1. The quantitative estimate of drug-likeness (QED) is 0.558. The van der Waals surface area contributed by atoms with Crippen molar-refractivity contribution in [1.29, 1.82) is 0 Å². The highest BCUT2D eigenvalue weighted by Crippen LogP contribution is 2.24. The first-order valence-corrected chi connectivity index (χ1v) is 10.1. The van der Waals surface area contributed by atoms with E-state index in [0.717, 1.165) is 12.8 Å². The summed E-state index contributed by atoms with van der Waals surface area (Å²) in [6.07, 6.45) is 6.00. The van der Waals surface area contributed by atoms with Crippen LogP contribution in [0.3, 0.4) is 0 Å². The number of rotatable bonds is 9. The van der Waals surface area contributed by atoms with Crippen molar-refractivity contribution in [2.45, 2.75) is 43.0 Å². The van der Waals surface area contributed by atoms with Crippen molar-refractivity contribution in [2.24, 2.45) is 5.92 Å². The smallest absolute Gasteiger partial charge is 0.328 e. The number of nitrogens with one attached hydrogen (secondary N) is 2. The van der Waals surface area contributed by atoms with Crippen molar-refractivity contribution in [3.8, 4) is 0 Å². The molecule has 0 saturated heterocycles. The molecule has 1 saturated carbocycles. The number of benzene rings is 1. The number of hydrogen-bond donors (Lipinski definition) is 3. The summed E-state index contributed by atoms with van der Waals surface area (Å²) < 4.78 is 12.7. The van der Waals surface area contributed by atoms with Crippen molar-refractivity contribution >= 4 is 29.5 Å². The Kier molecular flexibility index (Phi) is 8.57. The van der Waals surface area contributed by atoms with E-state index in [1.807, 2.05) is 0 Å². The molecular formula is C19H25FN2O4S. The number of amides is 2. The highest BCUT2D eigenvalue weighted by molar-refractivity contribution is 8.00. The second-order valence-corrected chi connectivity index (χ2v) is 7.63. The largest absolute Gasteiger partial charge is 0.480 e. The molecule has 1 aliphatic rings. The Morgan fingerprint density at radius 1 is 1.19 bits per heavy atom. The van der Waals surface area contributed by atoms with Crippen LogP contribution in [0.25, 0.3) is 0 Å². The molecule has 1 aromatic rings. The third-order valence-electron chi connectivity index (χ3n) is 4.56. The molecule has 2 rings (SSSR count). The van der Waals surface area contributed by atoms with Crippen LogP contribution >= 0.6 is 11.8 Å². The molecule has 27 heavy (non-hydrogen) atoms. The second kappa shape index (κ2) is 10.9. The van der Waals surface area contributed by atoms with Crippen molar-refractivity contribution < 1.29 is 23.9 Å². The van der Waals surface area contributed by atoms with Crippen molar-refractivity contribution in [3.63, 3.8) is 0 Å². The number of carboxylic acid groups (broad SMARTS) is 1. The first-order chi connectivity index (χ1) is 13.0. The van der Waals surface area contributed by atoms with Crippen LogP contribution in [-0.4, -0.2) is 47.9 Å². The molecule has 8 heteroatoms. The van der Waals surface area contributed by atoms with Gasteiger partial charge in [0.2, 0.25) is 5.91 Å². The topological polar surface area (TPSA) is 95.5 Å². The van der Waals surface area contributed by atoms with Crippen LogP contribution in [-0.2, 0) is 9.59 Å². The first-order valence-electron chi connectivity index (χ1n) is 9.09. The molecule has 1 atom stereocenters. The minimum Gasteiger partial charge on any atom is -0.480 e. The zero-order chi connectivity index (χ0) is 19.6. The van der Waals surface area contributed by atoms with Gasteiger partial charge in [-0.1, -0.05) is 31.4 Å². The fourth-order valence-electron chi connectivity index (χ4n) is 3.03. The van der Waals surface area contributed by atoms with E-state index in [2.05, 4.69) is 10.6 Å². The molecule has 0 bridgehead atoms. The number of thioether (sulfide) groups is 1. The molecule has 0 heterocycles. The van der Waals surface area contributed by atoms with Crippen molar-refractivity contribution in [3.05, 3.63) is 29.8 Å². The van der Waals surface area contributed by atoms with Gasteiger partial charge in [-0.2, -0.15) is 0 Å². The molecule has 0 aliphatic heterocycles. The van der Waals surface area contributed by atoms with E-state index in [1.54, 1.807) is 18.2 Å². The number of carboxylic acids is 1. The molecule has 148 valence electrons. The van der Waals surface area contributed by atoms with Crippen LogP contribution in [0.5, 0.6) is 0 Å². The van der Waals surface area contributed by atoms with Crippen LogP contribution in [0.15, 0.2) is 29.2 Å². The maximum absolute atomic E-state index is 12.7. The lowest BCUT2D eigenvalue weighted by Crippen LogP contribution is -2.42. The summed E-state index contributed by atoms with van der Waals surface area (Å²) in [6.45, 7) is -0.516. The molecule has 0 spiro atoms. The minimum absolute atomic E-state index is 0.104. The number of carbonyl (C=O) groups is 3. The van der Waals surface area contributed by atoms with Gasteiger partial charge in [-0.25, -0.2) is 9.18 Å². The maximum Gasteiger partial charge on any atom is 0.328 e. The summed E-state index contributed by atoms with van der Waals surface area (Å²) in [6, 6.07) is 4.97. The maximum atomic E-state index is 12.7. The summed E-state index contributed by atoms with van der Waals surface area (Å²) in [7, 11) is 0. The fourth-order valence-corrected chi connectivity index (χ4v) is 3.91. The highest BCUT2D eigenvalue weighted by atomic mass is 32.2. The van der Waals surface area contributed by atoms with E-state index in [1.165, 1.54) is 37.1 Å². The minimum atomic E-state index is -1.59. The number of alkyl halides is 1. The Bertz CT molecular complexity index is 665. The summed E-state index contributed by atoms with van der Waals surface area (Å²) in [5, 5.41) is 14.0. The van der Waals surface area contributed by atoms with Gasteiger partial charge in [0.1, 0.15) is 6.67 Å². The lowest BCUT2D eigenvalue weighted by atomic mass is 9.89. The average Bonchev–Trinajstić information content (AvgIpc) is 2.69. The van der Waals surface area contributed by atoms with Gasteiger partial charge in [-0.05, 0) is 30.9 Å². The molecule has 0 aromatic heterocycles. The summed E-state index contributed by atoms with van der Waals surface area (Å²) >= 11 is 1.20. The summed E-state index contributed by atoms with van der Waals surface area (Å²) in [5.41, 5.74) is 0.224. The molecule has 1 aliphatic carbocycles. The molecule has 0 radical (unpaired) electrons. The number of carbonyl (C=O) groups excluding carboxylic acids is 2. The lowest BCUT2D eigenvalue weighted by Gasteiger charge is -2.21. The standard InChI is InChI=1S/C19H25FN2O4S/c20-10-15(19(25)26)22-18(24)14-8-4-5-9-16(14)27-12-17(23)21-11-13-6-2-1-3-7-13/h4-5,8-9,13,15H,1-3,6-7,10-12H2,(H,21,23)(H,22,24)(H,25,26). The van der Waals surface area contributed by atoms with Gasteiger partial charge in [0.25, 0.3) is 5.91 Å². The lowest BCUT2D eigenvalue weighted by molar-refractivity contribution is -0.139. The Morgan fingerprint density at radius 2 is 1.89 bits per heavy atom. The van der Waals surface area contributed by atoms with E-state index in [9.17, 15) is 18.8 Å². The van der Waals surface area contributed by atoms with Crippen LogP contribution in [0, 0.1) is 5.92 Å². The van der Waals surface area contributed by atoms with E-state index in [-0.39, 0.29) is 17.2 Å². The van der Waals surface area contributed by atoms with Crippen LogP contribution < -0.4 is 10.6 Å². The molecular weight excluding hydrogens is 371 g/mol. The van der Waals surface area contributed by atoms with Gasteiger partial charge < -0.3 is 15.7 Å². The van der Waals surface area contributed by atoms with Gasteiger partial charge in [0.15, 0.2) is 6.04 Å². The Balaban J connectivity index is 1.88. The van der Waals surface area contributed by atoms with Gasteiger partial charge in [-0.3, -0.25) is 9.59 Å². The van der Waals surface area contributed by atoms with Crippen LogP contribution in [0.4, 0.5) is 4.39 Å². The second-order valence-electron chi connectivity index (χ2n) is 6.61. The Hall–Kier alpha value is -2.09. The van der Waals surface area contributed by atoms with Crippen LogP contribution in [0.2, 0.25) is 0 Å². The number of hydrogen-bond acceptors (Lipinski definition) is 4. The monoisotopic (exact) mass is 396 g/mol. The predicted molar refractivity (Wildman–Crippen MR) is 102 cm³/mol. The van der Waals surface area contributed by atoms with Gasteiger partial charge >= 0.3 is 5.97 Å². The SMILES string of the molecule is O=C(CSc1ccccc1C(=O)NC(CF)C(=O)O)NCC1CCCCC1. The number of aliphatic carboxylic acids is 1. The van der Waals surface area contributed by atoms with Gasteiger partial charge in [0, 0.05) is 11.4 Å². The zero-order valence-electron chi connectivity index (χ0n) is 15.1. The highest BCUT2D eigenvalue weighted by Gasteiger charge is 2.22. The van der Waals surface area contributed by atoms with E-state index in [4.69, 9.17) is 5.11 Å². The molecule has 3 N–H and O–H groups in total. The predicted octanol–water partition coefficient (Wildman–Crippen LogP) is 2.63. The van der Waals surface area contributed by atoms with Crippen LogP contribution in [0.1, 0.15) is 42.5 Å². The third kappa shape index (κ3) is 6.86. The Morgan fingerprint density at radius 3 is 2.56 bits per heavy atom.